The number of halogens is 4. The van der Waals surface area contributed by atoms with Crippen LogP contribution in [0.15, 0.2) is 71.2 Å². The molecule has 32 heavy (non-hydrogen) atoms. The second kappa shape index (κ2) is 9.61. The Morgan fingerprint density at radius 3 is 2.34 bits per heavy atom. The first-order valence-corrected chi connectivity index (χ1v) is 11.4. The molecule has 0 aliphatic carbocycles. The van der Waals surface area contributed by atoms with Crippen molar-refractivity contribution in [2.45, 2.75) is 24.9 Å². The highest BCUT2D eigenvalue weighted by atomic mass is 79.9. The molecule has 4 rings (SSSR count). The molecule has 4 nitrogen and oxygen atoms in total. The summed E-state index contributed by atoms with van der Waals surface area (Å²) < 4.78 is 14.9. The third-order valence-electron chi connectivity index (χ3n) is 5.34. The van der Waals surface area contributed by atoms with E-state index in [1.54, 1.807) is 30.3 Å². The van der Waals surface area contributed by atoms with E-state index in [2.05, 4.69) is 21.2 Å². The van der Waals surface area contributed by atoms with Gasteiger partial charge in [-0.1, -0.05) is 75.5 Å². The summed E-state index contributed by atoms with van der Waals surface area (Å²) in [5, 5.41) is 3.52. The van der Waals surface area contributed by atoms with Crippen molar-refractivity contribution in [2.24, 2.45) is 0 Å². The number of benzene rings is 3. The van der Waals surface area contributed by atoms with Gasteiger partial charge >= 0.3 is 6.03 Å². The molecule has 0 saturated carbocycles. The van der Waals surface area contributed by atoms with Crippen LogP contribution < -0.4 is 5.32 Å². The molecule has 1 fully saturated rings. The molecule has 0 aromatic heterocycles. The molecule has 0 radical (unpaired) electrons. The van der Waals surface area contributed by atoms with E-state index < -0.39 is 29.8 Å². The molecule has 3 aromatic rings. The van der Waals surface area contributed by atoms with E-state index in [4.69, 9.17) is 23.2 Å². The second-order valence-corrected chi connectivity index (χ2v) is 9.35. The third-order valence-corrected chi connectivity index (χ3v) is 6.27. The lowest BCUT2D eigenvalue weighted by molar-refractivity contribution is -0.129. The van der Waals surface area contributed by atoms with Gasteiger partial charge in [0.05, 0.1) is 6.04 Å². The Kier molecular flexibility index (Phi) is 6.84. The Balaban J connectivity index is 1.67. The van der Waals surface area contributed by atoms with Crippen LogP contribution in [0.2, 0.25) is 10.0 Å². The average molecular weight is 536 g/mol. The summed E-state index contributed by atoms with van der Waals surface area (Å²) in [7, 11) is 0. The number of nitrogens with zero attached hydrogens (tertiary/aromatic N) is 1. The lowest BCUT2D eigenvalue weighted by Gasteiger charge is -2.26. The minimum absolute atomic E-state index is 0.0501. The second-order valence-electron chi connectivity index (χ2n) is 7.56. The monoisotopic (exact) mass is 534 g/mol. The van der Waals surface area contributed by atoms with Crippen LogP contribution in [-0.4, -0.2) is 22.9 Å². The normalized spacial score (nSPS) is 16.9. The van der Waals surface area contributed by atoms with Crippen LogP contribution in [0, 0.1) is 5.82 Å². The van der Waals surface area contributed by atoms with Gasteiger partial charge in [-0.3, -0.25) is 9.69 Å². The smallest absolute Gasteiger partial charge is 0.325 e. The SMILES string of the molecule is O=C1N[C@@H](Cc2ccc(Br)cc2F)C(=O)N1C(Cc1ccccc1)c1cc(Cl)cc(Cl)c1. The maximum atomic E-state index is 14.3. The Labute approximate surface area is 203 Å². The molecular formula is C24H18BrCl2FN2O2. The zero-order chi connectivity index (χ0) is 22.8. The number of carbonyl (C=O) groups is 2. The van der Waals surface area contributed by atoms with Crippen molar-refractivity contribution in [3.8, 4) is 0 Å². The molecule has 3 aromatic carbocycles. The van der Waals surface area contributed by atoms with Gasteiger partial charge in [-0.05, 0) is 53.4 Å². The maximum Gasteiger partial charge on any atom is 0.325 e. The van der Waals surface area contributed by atoms with Gasteiger partial charge in [0.2, 0.25) is 0 Å². The number of hydrogen-bond donors (Lipinski definition) is 1. The average Bonchev–Trinajstić information content (AvgIpc) is 3.01. The van der Waals surface area contributed by atoms with Crippen molar-refractivity contribution in [1.82, 2.24) is 10.2 Å². The minimum atomic E-state index is -0.869. The van der Waals surface area contributed by atoms with Crippen molar-refractivity contribution < 1.29 is 14.0 Å². The molecule has 1 aliphatic rings. The van der Waals surface area contributed by atoms with E-state index in [1.807, 2.05) is 30.3 Å². The van der Waals surface area contributed by atoms with E-state index >= 15 is 0 Å². The van der Waals surface area contributed by atoms with Crippen LogP contribution in [0.4, 0.5) is 9.18 Å². The number of rotatable bonds is 6. The quantitative estimate of drug-likeness (QED) is 0.374. The van der Waals surface area contributed by atoms with Crippen LogP contribution in [-0.2, 0) is 17.6 Å². The van der Waals surface area contributed by atoms with Crippen molar-refractivity contribution in [2.75, 3.05) is 0 Å². The van der Waals surface area contributed by atoms with Gasteiger partial charge in [0, 0.05) is 20.9 Å². The van der Waals surface area contributed by atoms with Crippen LogP contribution in [0.25, 0.3) is 0 Å². The number of amides is 3. The first-order valence-electron chi connectivity index (χ1n) is 9.89. The summed E-state index contributed by atoms with van der Waals surface area (Å²) in [5.41, 5.74) is 1.93. The molecule has 1 unspecified atom stereocenters. The first-order chi connectivity index (χ1) is 15.3. The van der Waals surface area contributed by atoms with Crippen molar-refractivity contribution in [1.29, 1.82) is 0 Å². The summed E-state index contributed by atoms with van der Waals surface area (Å²) in [6.45, 7) is 0. The van der Waals surface area contributed by atoms with Gasteiger partial charge in [-0.25, -0.2) is 9.18 Å². The van der Waals surface area contributed by atoms with Crippen molar-refractivity contribution in [3.05, 3.63) is 104 Å². The van der Waals surface area contributed by atoms with E-state index in [0.717, 1.165) is 5.56 Å². The van der Waals surface area contributed by atoms with Crippen molar-refractivity contribution >= 4 is 51.1 Å². The summed E-state index contributed by atoms with van der Waals surface area (Å²) in [6.07, 6.45) is 0.435. The highest BCUT2D eigenvalue weighted by Crippen LogP contribution is 2.33. The number of imide groups is 1. The predicted molar refractivity (Wildman–Crippen MR) is 126 cm³/mol. The Morgan fingerprint density at radius 2 is 1.69 bits per heavy atom. The van der Waals surface area contributed by atoms with E-state index in [1.165, 1.54) is 11.0 Å². The van der Waals surface area contributed by atoms with Crippen molar-refractivity contribution in [3.63, 3.8) is 0 Å². The summed E-state index contributed by atoms with van der Waals surface area (Å²) in [6, 6.07) is 17.1. The third kappa shape index (κ3) is 4.98. The Bertz CT molecular complexity index is 1160. The van der Waals surface area contributed by atoms with Gasteiger partial charge in [-0.15, -0.1) is 0 Å². The molecule has 164 valence electrons. The fourth-order valence-electron chi connectivity index (χ4n) is 3.85. The lowest BCUT2D eigenvalue weighted by atomic mass is 9.97. The molecule has 1 N–H and O–H groups in total. The summed E-state index contributed by atoms with van der Waals surface area (Å²) in [5.74, 6) is -0.864. The molecule has 0 bridgehead atoms. The number of urea groups is 1. The summed E-state index contributed by atoms with van der Waals surface area (Å²) in [4.78, 5) is 27.4. The Morgan fingerprint density at radius 1 is 1.00 bits per heavy atom. The molecule has 2 atom stereocenters. The van der Waals surface area contributed by atoms with Crippen LogP contribution in [0.1, 0.15) is 22.7 Å². The fraction of sp³-hybridized carbons (Fsp3) is 0.167. The fourth-order valence-corrected chi connectivity index (χ4v) is 4.73. The molecule has 1 heterocycles. The Hall–Kier alpha value is -2.41. The zero-order valence-electron chi connectivity index (χ0n) is 16.7. The number of carbonyl (C=O) groups excluding carboxylic acids is 2. The first kappa shape index (κ1) is 22.8. The highest BCUT2D eigenvalue weighted by Gasteiger charge is 2.43. The number of nitrogens with one attached hydrogen (secondary N) is 1. The largest absolute Gasteiger partial charge is 0.325 e. The number of hydrogen-bond acceptors (Lipinski definition) is 2. The van der Waals surface area contributed by atoms with Gasteiger partial charge in [0.15, 0.2) is 0 Å². The molecule has 1 aliphatic heterocycles. The van der Waals surface area contributed by atoms with Gasteiger partial charge < -0.3 is 5.32 Å². The topological polar surface area (TPSA) is 49.4 Å². The molecule has 0 spiro atoms. The van der Waals surface area contributed by atoms with Gasteiger partial charge in [-0.2, -0.15) is 0 Å². The standard InChI is InChI=1S/C24H18BrCl2FN2O2/c25-17-7-6-15(20(28)12-17)11-21-23(31)30(24(32)29-21)22(8-14-4-2-1-3-5-14)16-9-18(26)13-19(27)10-16/h1-7,9-10,12-13,21-22H,8,11H2,(H,29,32)/t21-,22?/m0/s1. The minimum Gasteiger partial charge on any atom is -0.325 e. The maximum absolute atomic E-state index is 14.3. The summed E-state index contributed by atoms with van der Waals surface area (Å²) >= 11 is 15.6. The lowest BCUT2D eigenvalue weighted by Crippen LogP contribution is -2.37. The molecule has 3 amide bonds. The predicted octanol–water partition coefficient (Wildman–Crippen LogP) is 6.34. The van der Waals surface area contributed by atoms with Gasteiger partial charge in [0.25, 0.3) is 5.91 Å². The molecular weight excluding hydrogens is 518 g/mol. The van der Waals surface area contributed by atoms with Gasteiger partial charge in [0.1, 0.15) is 11.9 Å². The molecule has 1 saturated heterocycles. The van der Waals surface area contributed by atoms with E-state index in [0.29, 0.717) is 32.1 Å². The van der Waals surface area contributed by atoms with E-state index in [-0.39, 0.29) is 6.42 Å². The van der Waals surface area contributed by atoms with Crippen LogP contribution >= 0.6 is 39.1 Å². The van der Waals surface area contributed by atoms with Crippen LogP contribution in [0.5, 0.6) is 0 Å². The zero-order valence-corrected chi connectivity index (χ0v) is 19.8. The highest BCUT2D eigenvalue weighted by molar-refractivity contribution is 9.10. The van der Waals surface area contributed by atoms with Crippen LogP contribution in [0.3, 0.4) is 0 Å². The molecule has 8 heteroatoms. The van der Waals surface area contributed by atoms with E-state index in [9.17, 15) is 14.0 Å².